The van der Waals surface area contributed by atoms with Gasteiger partial charge >= 0.3 is 6.09 Å². The predicted octanol–water partition coefficient (Wildman–Crippen LogP) is 1.79. The van der Waals surface area contributed by atoms with Gasteiger partial charge in [0.25, 0.3) is 0 Å². The van der Waals surface area contributed by atoms with Gasteiger partial charge in [-0.05, 0) is 22.4 Å². The maximum Gasteiger partial charge on any atom is 0.406 e. The lowest BCUT2D eigenvalue weighted by Gasteiger charge is -2.14. The molecule has 0 spiro atoms. The van der Waals surface area contributed by atoms with Crippen LogP contribution in [0, 0.1) is 0 Å². The minimum atomic E-state index is -0.442. The zero-order chi connectivity index (χ0) is 10.4. The van der Waals surface area contributed by atoms with Crippen molar-refractivity contribution in [1.82, 2.24) is 5.32 Å². The molecule has 1 aromatic rings. The summed E-state index contributed by atoms with van der Waals surface area (Å²) in [6.45, 7) is 0.417. The van der Waals surface area contributed by atoms with Crippen LogP contribution in [0.25, 0.3) is 0 Å². The molecule has 0 saturated carbocycles. The van der Waals surface area contributed by atoms with Crippen molar-refractivity contribution in [3.63, 3.8) is 0 Å². The van der Waals surface area contributed by atoms with Gasteiger partial charge in [-0.15, -0.1) is 0 Å². The van der Waals surface area contributed by atoms with E-state index in [9.17, 15) is 4.79 Å². The molecule has 0 aromatic carbocycles. The van der Waals surface area contributed by atoms with E-state index in [-0.39, 0.29) is 6.10 Å². The van der Waals surface area contributed by atoms with Gasteiger partial charge in [0.2, 0.25) is 0 Å². The first-order valence-corrected chi connectivity index (χ1v) is 5.09. The number of carbonyl (C=O) groups is 1. The summed E-state index contributed by atoms with van der Waals surface area (Å²) in [5.74, 6) is 0. The molecule has 4 nitrogen and oxygen atoms in total. The molecule has 0 bridgehead atoms. The topological polar surface area (TPSA) is 47.6 Å². The van der Waals surface area contributed by atoms with Crippen LogP contribution < -0.4 is 5.32 Å². The lowest BCUT2D eigenvalue weighted by atomic mass is 10.2. The fourth-order valence-corrected chi connectivity index (χ4v) is 1.75. The van der Waals surface area contributed by atoms with Crippen molar-refractivity contribution >= 4 is 17.4 Å². The summed E-state index contributed by atoms with van der Waals surface area (Å²) in [6, 6.07) is 1.97. The number of methoxy groups -OCH3 is 2. The summed E-state index contributed by atoms with van der Waals surface area (Å²) >= 11 is 1.60. The molecular formula is C9H13NO3S. The summed E-state index contributed by atoms with van der Waals surface area (Å²) in [5.41, 5.74) is 1.06. The first kappa shape index (κ1) is 11.0. The van der Waals surface area contributed by atoms with Crippen LogP contribution >= 0.6 is 11.3 Å². The Morgan fingerprint density at radius 3 is 2.93 bits per heavy atom. The predicted molar refractivity (Wildman–Crippen MR) is 54.5 cm³/mol. The molecule has 1 N–H and O–H groups in total. The first-order valence-electron chi connectivity index (χ1n) is 4.14. The zero-order valence-corrected chi connectivity index (χ0v) is 8.97. The van der Waals surface area contributed by atoms with Crippen LogP contribution in [0.3, 0.4) is 0 Å². The molecule has 1 aromatic heterocycles. The van der Waals surface area contributed by atoms with Crippen molar-refractivity contribution in [2.24, 2.45) is 0 Å². The van der Waals surface area contributed by atoms with Crippen LogP contribution in [0.2, 0.25) is 0 Å². The summed E-state index contributed by atoms with van der Waals surface area (Å²) in [5, 5.41) is 6.55. The Morgan fingerprint density at radius 1 is 1.64 bits per heavy atom. The minimum Gasteiger partial charge on any atom is -0.453 e. The fraction of sp³-hybridized carbons (Fsp3) is 0.444. The minimum absolute atomic E-state index is 0.111. The first-order chi connectivity index (χ1) is 6.77. The second-order valence-electron chi connectivity index (χ2n) is 2.65. The number of thiophene rings is 1. The van der Waals surface area contributed by atoms with Crippen LogP contribution in [0.5, 0.6) is 0 Å². The van der Waals surface area contributed by atoms with E-state index < -0.39 is 6.09 Å². The van der Waals surface area contributed by atoms with Crippen LogP contribution in [0.15, 0.2) is 16.8 Å². The Bertz CT molecular complexity index is 274. The molecule has 0 fully saturated rings. The third kappa shape index (κ3) is 3.01. The smallest absolute Gasteiger partial charge is 0.406 e. The van der Waals surface area contributed by atoms with Gasteiger partial charge in [0.05, 0.1) is 13.7 Å². The summed E-state index contributed by atoms with van der Waals surface area (Å²) in [6.07, 6.45) is -0.553. The molecule has 0 aliphatic carbocycles. The molecule has 0 radical (unpaired) electrons. The number of ether oxygens (including phenoxy) is 2. The second kappa shape index (κ2) is 5.62. The largest absolute Gasteiger partial charge is 0.453 e. The molecule has 1 rings (SSSR count). The highest BCUT2D eigenvalue weighted by molar-refractivity contribution is 7.07. The summed E-state index contributed by atoms with van der Waals surface area (Å²) in [7, 11) is 2.95. The van der Waals surface area contributed by atoms with E-state index >= 15 is 0 Å². The standard InChI is InChI=1S/C9H13NO3S/c1-12-8(5-10-9(11)13-2)7-3-4-14-6-7/h3-4,6,8H,5H2,1-2H3,(H,10,11). The third-order valence-corrected chi connectivity index (χ3v) is 2.52. The number of nitrogens with one attached hydrogen (secondary N) is 1. The Morgan fingerprint density at radius 2 is 2.43 bits per heavy atom. The molecule has 0 saturated heterocycles. The molecule has 1 atom stereocenters. The van der Waals surface area contributed by atoms with E-state index in [1.807, 2.05) is 16.8 Å². The molecule has 1 heterocycles. The lowest BCUT2D eigenvalue weighted by Crippen LogP contribution is -2.28. The molecule has 0 aliphatic heterocycles. The fourth-order valence-electron chi connectivity index (χ4n) is 1.04. The van der Waals surface area contributed by atoms with Gasteiger partial charge < -0.3 is 14.8 Å². The molecule has 78 valence electrons. The average molecular weight is 215 g/mol. The van der Waals surface area contributed by atoms with Crippen LogP contribution in [0.1, 0.15) is 11.7 Å². The number of rotatable bonds is 4. The summed E-state index contributed by atoms with van der Waals surface area (Å²) < 4.78 is 9.69. The van der Waals surface area contributed by atoms with E-state index in [4.69, 9.17) is 4.74 Å². The molecular weight excluding hydrogens is 202 g/mol. The van der Waals surface area contributed by atoms with Crippen LogP contribution in [0.4, 0.5) is 4.79 Å². The van der Waals surface area contributed by atoms with E-state index in [0.29, 0.717) is 6.54 Å². The van der Waals surface area contributed by atoms with Gasteiger partial charge in [-0.3, -0.25) is 0 Å². The van der Waals surface area contributed by atoms with Gasteiger partial charge in [0.1, 0.15) is 6.10 Å². The van der Waals surface area contributed by atoms with E-state index in [2.05, 4.69) is 10.1 Å². The molecule has 5 heteroatoms. The van der Waals surface area contributed by atoms with Crippen LogP contribution in [-0.4, -0.2) is 26.9 Å². The maximum absolute atomic E-state index is 10.8. The monoisotopic (exact) mass is 215 g/mol. The molecule has 0 aliphatic rings. The van der Waals surface area contributed by atoms with E-state index in [0.717, 1.165) is 5.56 Å². The Balaban J connectivity index is 2.44. The van der Waals surface area contributed by atoms with Gasteiger partial charge in [-0.1, -0.05) is 0 Å². The lowest BCUT2D eigenvalue weighted by molar-refractivity contribution is 0.0985. The molecule has 1 unspecified atom stereocenters. The van der Waals surface area contributed by atoms with Gasteiger partial charge in [-0.25, -0.2) is 4.79 Å². The Kier molecular flexibility index (Phi) is 4.42. The van der Waals surface area contributed by atoms with Crippen molar-refractivity contribution in [1.29, 1.82) is 0 Å². The number of carbonyl (C=O) groups excluding carboxylic acids is 1. The van der Waals surface area contributed by atoms with Crippen molar-refractivity contribution < 1.29 is 14.3 Å². The average Bonchev–Trinajstić information content (AvgIpc) is 2.72. The molecule has 14 heavy (non-hydrogen) atoms. The third-order valence-electron chi connectivity index (χ3n) is 1.82. The Hall–Kier alpha value is -1.07. The highest BCUT2D eigenvalue weighted by Gasteiger charge is 2.11. The number of alkyl carbamates (subject to hydrolysis) is 1. The van der Waals surface area contributed by atoms with Crippen LogP contribution in [-0.2, 0) is 9.47 Å². The quantitative estimate of drug-likeness (QED) is 0.833. The number of hydrogen-bond donors (Lipinski definition) is 1. The SMILES string of the molecule is COC(=O)NCC(OC)c1ccsc1. The van der Waals surface area contributed by atoms with Gasteiger partial charge in [0, 0.05) is 7.11 Å². The summed E-state index contributed by atoms with van der Waals surface area (Å²) in [4.78, 5) is 10.8. The van der Waals surface area contributed by atoms with E-state index in [1.54, 1.807) is 18.4 Å². The maximum atomic E-state index is 10.8. The second-order valence-corrected chi connectivity index (χ2v) is 3.43. The van der Waals surface area contributed by atoms with E-state index in [1.165, 1.54) is 7.11 Å². The van der Waals surface area contributed by atoms with Gasteiger partial charge in [-0.2, -0.15) is 11.3 Å². The molecule has 1 amide bonds. The Labute approximate surface area is 86.8 Å². The van der Waals surface area contributed by atoms with Crippen molar-refractivity contribution in [3.05, 3.63) is 22.4 Å². The normalized spacial score (nSPS) is 12.1. The highest BCUT2D eigenvalue weighted by Crippen LogP contribution is 2.18. The number of amides is 1. The van der Waals surface area contributed by atoms with Crippen molar-refractivity contribution in [2.75, 3.05) is 20.8 Å². The van der Waals surface area contributed by atoms with Gasteiger partial charge in [0.15, 0.2) is 0 Å². The highest BCUT2D eigenvalue weighted by atomic mass is 32.1. The van der Waals surface area contributed by atoms with Crippen molar-refractivity contribution in [2.45, 2.75) is 6.10 Å². The zero-order valence-electron chi connectivity index (χ0n) is 8.15. The number of hydrogen-bond acceptors (Lipinski definition) is 4. The van der Waals surface area contributed by atoms with Crippen molar-refractivity contribution in [3.8, 4) is 0 Å².